The molecule has 31 heavy (non-hydrogen) atoms. The Morgan fingerprint density at radius 1 is 1.32 bits per heavy atom. The number of para-hydroxylation sites is 1. The Morgan fingerprint density at radius 2 is 2.00 bits per heavy atom. The number of hydrogen-bond donors (Lipinski definition) is 4. The van der Waals surface area contributed by atoms with E-state index in [-0.39, 0.29) is 20.8 Å². The van der Waals surface area contributed by atoms with Crippen molar-refractivity contribution in [2.24, 2.45) is 5.16 Å². The van der Waals surface area contributed by atoms with E-state index < -0.39 is 40.1 Å². The first-order chi connectivity index (χ1) is 14.6. The summed E-state index contributed by atoms with van der Waals surface area (Å²) in [4.78, 5) is 46.1. The lowest BCUT2D eigenvalue weighted by atomic mass is 9.97. The van der Waals surface area contributed by atoms with Crippen molar-refractivity contribution in [3.8, 4) is 0 Å². The van der Waals surface area contributed by atoms with Gasteiger partial charge in [-0.05, 0) is 12.1 Å². The quantitative estimate of drug-likeness (QED) is 0.174. The van der Waals surface area contributed by atoms with Gasteiger partial charge in [-0.25, -0.2) is 4.98 Å². The molecule has 1 saturated heterocycles. The minimum Gasteiger partial charge on any atom is -0.398 e. The van der Waals surface area contributed by atoms with Gasteiger partial charge in [0.15, 0.2) is 16.9 Å². The zero-order valence-electron chi connectivity index (χ0n) is 15.8. The fourth-order valence-electron chi connectivity index (χ4n) is 2.76. The van der Waals surface area contributed by atoms with Crippen LogP contribution in [0.1, 0.15) is 5.69 Å². The molecule has 1 fully saturated rings. The van der Waals surface area contributed by atoms with Crippen molar-refractivity contribution in [3.63, 3.8) is 0 Å². The number of nitrogens with one attached hydrogen (secondary N) is 2. The van der Waals surface area contributed by atoms with Crippen LogP contribution in [0.4, 0.5) is 10.8 Å². The zero-order chi connectivity index (χ0) is 22.8. The molecule has 0 saturated carbocycles. The van der Waals surface area contributed by atoms with E-state index in [0.717, 1.165) is 11.3 Å². The topological polar surface area (TPSA) is 193 Å². The number of β-lactam (4-membered cyclic amide) rings is 1. The van der Waals surface area contributed by atoms with E-state index in [1.165, 1.54) is 24.6 Å². The maximum atomic E-state index is 12.7. The highest BCUT2D eigenvalue weighted by Gasteiger charge is 2.58. The Kier molecular flexibility index (Phi) is 6.19. The molecule has 1 aromatic heterocycles. The summed E-state index contributed by atoms with van der Waals surface area (Å²) in [6.07, 6.45) is 0. The molecule has 2 atom stereocenters. The maximum Gasteiger partial charge on any atom is 0.363 e. The number of rotatable bonds is 7. The second-order valence-corrected chi connectivity index (χ2v) is 8.24. The monoisotopic (exact) mass is 468 g/mol. The molecule has 164 valence electrons. The summed E-state index contributed by atoms with van der Waals surface area (Å²) in [6, 6.07) is 4.65. The van der Waals surface area contributed by atoms with Crippen LogP contribution in [-0.2, 0) is 29.5 Å². The third-order valence-electron chi connectivity index (χ3n) is 4.06. The summed E-state index contributed by atoms with van der Waals surface area (Å²) in [5.74, 6) is -3.13. The Balaban J connectivity index is 1.85. The molecule has 0 aliphatic carbocycles. The second-order valence-electron chi connectivity index (χ2n) is 6.06. The van der Waals surface area contributed by atoms with Crippen molar-refractivity contribution >= 4 is 55.9 Å². The molecule has 0 bridgehead atoms. The van der Waals surface area contributed by atoms with E-state index in [1.807, 2.05) is 0 Å². The van der Waals surface area contributed by atoms with Crippen LogP contribution in [-0.4, -0.2) is 64.9 Å². The fourth-order valence-corrected chi connectivity index (χ4v) is 4.15. The summed E-state index contributed by atoms with van der Waals surface area (Å²) in [6.45, 7) is 0. The smallest absolute Gasteiger partial charge is 0.363 e. The summed E-state index contributed by atoms with van der Waals surface area (Å²) in [5, 5.41) is 9.75. The van der Waals surface area contributed by atoms with Gasteiger partial charge >= 0.3 is 10.3 Å². The molecule has 5 N–H and O–H groups in total. The average Bonchev–Trinajstić information content (AvgIpc) is 3.13. The zero-order valence-corrected chi connectivity index (χ0v) is 17.4. The Hall–Kier alpha value is -3.56. The van der Waals surface area contributed by atoms with Crippen LogP contribution in [0.3, 0.4) is 0 Å². The molecule has 1 aliphatic heterocycles. The van der Waals surface area contributed by atoms with Gasteiger partial charge in [-0.15, -0.1) is 11.3 Å². The van der Waals surface area contributed by atoms with Gasteiger partial charge in [-0.3, -0.25) is 18.9 Å². The van der Waals surface area contributed by atoms with E-state index in [4.69, 9.17) is 5.73 Å². The molecule has 2 heterocycles. The Labute approximate surface area is 179 Å². The molecular weight excluding hydrogens is 452 g/mol. The average molecular weight is 468 g/mol. The number of nitrogens with zero attached hydrogens (tertiary/aromatic N) is 3. The van der Waals surface area contributed by atoms with Crippen LogP contribution in [0.2, 0.25) is 0 Å². The number of benzene rings is 1. The van der Waals surface area contributed by atoms with Gasteiger partial charge in [0.1, 0.15) is 18.8 Å². The Bertz CT molecular complexity index is 1150. The van der Waals surface area contributed by atoms with Gasteiger partial charge in [0, 0.05) is 11.1 Å². The minimum absolute atomic E-state index is 0.0236. The predicted molar refractivity (Wildman–Crippen MR) is 109 cm³/mol. The number of nitrogen functional groups attached to an aromatic ring is 1. The largest absolute Gasteiger partial charge is 0.398 e. The minimum atomic E-state index is -5.06. The third-order valence-corrected chi connectivity index (χ3v) is 5.64. The van der Waals surface area contributed by atoms with Crippen LogP contribution in [0.5, 0.6) is 0 Å². The first kappa shape index (κ1) is 22.1. The van der Waals surface area contributed by atoms with E-state index in [0.29, 0.717) is 5.69 Å². The lowest BCUT2D eigenvalue weighted by Crippen LogP contribution is -2.75. The highest BCUT2D eigenvalue weighted by atomic mass is 32.2. The molecular formula is C16H16N6O7S2. The molecule has 2 aromatic rings. The van der Waals surface area contributed by atoms with Crippen molar-refractivity contribution in [1.82, 2.24) is 14.6 Å². The number of carbonyl (C=O) groups is 3. The lowest BCUT2D eigenvalue weighted by Gasteiger charge is -2.42. The number of oxime groups is 1. The normalized spacial score (nSPS) is 18.8. The molecule has 3 amide bonds. The molecule has 0 spiro atoms. The van der Waals surface area contributed by atoms with Crippen LogP contribution < -0.4 is 16.4 Å². The molecule has 15 heteroatoms. The number of hydrogen-bond acceptors (Lipinski definition) is 10. The Morgan fingerprint density at radius 3 is 2.55 bits per heavy atom. The highest BCUT2D eigenvalue weighted by molar-refractivity contribution is 7.84. The van der Waals surface area contributed by atoms with Gasteiger partial charge in [-0.1, -0.05) is 23.4 Å². The maximum absolute atomic E-state index is 12.7. The molecule has 1 aromatic carbocycles. The van der Waals surface area contributed by atoms with E-state index >= 15 is 0 Å². The van der Waals surface area contributed by atoms with Gasteiger partial charge < -0.3 is 21.2 Å². The van der Waals surface area contributed by atoms with Gasteiger partial charge in [0.2, 0.25) is 0 Å². The number of nitrogens with two attached hydrogens (primary N) is 1. The highest BCUT2D eigenvalue weighted by Crippen LogP contribution is 2.25. The molecule has 13 nitrogen and oxygen atoms in total. The summed E-state index contributed by atoms with van der Waals surface area (Å²) in [7, 11) is -3.89. The van der Waals surface area contributed by atoms with E-state index in [9.17, 15) is 27.4 Å². The number of anilines is 2. The molecule has 2 unspecified atom stereocenters. The van der Waals surface area contributed by atoms with Crippen molar-refractivity contribution in [1.29, 1.82) is 0 Å². The number of thiazole rings is 1. The van der Waals surface area contributed by atoms with Crippen LogP contribution in [0, 0.1) is 0 Å². The molecule has 1 aliphatic rings. The van der Waals surface area contributed by atoms with Crippen LogP contribution >= 0.6 is 11.3 Å². The van der Waals surface area contributed by atoms with Gasteiger partial charge in [0.25, 0.3) is 17.7 Å². The standard InChI is InChI=1S/C16H16N6O7S2/c1-29-21-10(9-7-30-16(17)19-9)13(23)20-11-12(22(15(11)25)31(26,27)28)14(24)18-8-5-3-2-4-6-8/h2-7,11-12H,1H3,(H2,17,19)(H,18,24)(H,20,23)(H,26,27,28)/b21-10-. The first-order valence-electron chi connectivity index (χ1n) is 8.43. The third kappa shape index (κ3) is 4.62. The van der Waals surface area contributed by atoms with Crippen molar-refractivity contribution < 1.29 is 32.2 Å². The number of carbonyl (C=O) groups excluding carboxylic acids is 3. The summed E-state index contributed by atoms with van der Waals surface area (Å²) < 4.78 is 32.5. The van der Waals surface area contributed by atoms with Crippen LogP contribution in [0.25, 0.3) is 0 Å². The van der Waals surface area contributed by atoms with Gasteiger partial charge in [-0.2, -0.15) is 12.7 Å². The first-order valence-corrected chi connectivity index (χ1v) is 10.7. The van der Waals surface area contributed by atoms with Crippen molar-refractivity contribution in [2.45, 2.75) is 12.1 Å². The fraction of sp³-hybridized carbons (Fsp3) is 0.188. The van der Waals surface area contributed by atoms with Crippen LogP contribution in [0.15, 0.2) is 40.9 Å². The lowest BCUT2D eigenvalue weighted by molar-refractivity contribution is -0.150. The SMILES string of the molecule is CO/N=C(\C(=O)NC1C(=O)N(S(=O)(=O)O)C1C(=O)Nc1ccccc1)c1csc(N)n1. The van der Waals surface area contributed by atoms with Crippen molar-refractivity contribution in [2.75, 3.05) is 18.2 Å². The molecule has 0 radical (unpaired) electrons. The predicted octanol–water partition coefficient (Wildman–Crippen LogP) is -0.787. The second kappa shape index (κ2) is 8.66. The van der Waals surface area contributed by atoms with E-state index in [1.54, 1.807) is 18.2 Å². The summed E-state index contributed by atoms with van der Waals surface area (Å²) in [5.41, 5.74) is 5.55. The van der Waals surface area contributed by atoms with Gasteiger partial charge in [0.05, 0.1) is 0 Å². The van der Waals surface area contributed by atoms with E-state index in [2.05, 4.69) is 25.6 Å². The number of aromatic nitrogens is 1. The molecule has 3 rings (SSSR count). The summed E-state index contributed by atoms with van der Waals surface area (Å²) >= 11 is 1.02. The number of amides is 3. The van der Waals surface area contributed by atoms with Crippen molar-refractivity contribution in [3.05, 3.63) is 41.4 Å².